The van der Waals surface area contributed by atoms with Gasteiger partial charge in [-0.25, -0.2) is 4.98 Å². The second kappa shape index (κ2) is 7.85. The van der Waals surface area contributed by atoms with Crippen molar-refractivity contribution in [3.63, 3.8) is 0 Å². The molecule has 1 aromatic heterocycles. The number of carbonyl (C=O) groups is 1. The van der Waals surface area contributed by atoms with Gasteiger partial charge in [0.2, 0.25) is 5.91 Å². The summed E-state index contributed by atoms with van der Waals surface area (Å²) in [5.41, 5.74) is 0.744. The van der Waals surface area contributed by atoms with E-state index in [2.05, 4.69) is 22.5 Å². The van der Waals surface area contributed by atoms with Gasteiger partial charge in [-0.1, -0.05) is 13.3 Å². The van der Waals surface area contributed by atoms with Crippen LogP contribution in [0.4, 0.5) is 11.5 Å². The van der Waals surface area contributed by atoms with Crippen LogP contribution in [0.2, 0.25) is 0 Å². The smallest absolute Gasteiger partial charge is 0.224 e. The fourth-order valence-electron chi connectivity index (χ4n) is 2.16. The van der Waals surface area contributed by atoms with E-state index in [0.29, 0.717) is 12.5 Å². The summed E-state index contributed by atoms with van der Waals surface area (Å²) >= 11 is 0. The number of rotatable bonds is 7. The van der Waals surface area contributed by atoms with E-state index in [0.717, 1.165) is 50.3 Å². The molecule has 0 bridgehead atoms. The standard InChI is InChI=1S/C15H23N3O2/c1-2-3-6-15(19)18-12-7-8-14(16-10-12)17-11-13-5-4-9-20-13/h7-8,10,13H,2-6,9,11H2,1H3,(H,16,17)(H,18,19). The van der Waals surface area contributed by atoms with E-state index >= 15 is 0 Å². The second-order valence-electron chi connectivity index (χ2n) is 5.10. The predicted octanol–water partition coefficient (Wildman–Crippen LogP) is 2.80. The maximum atomic E-state index is 11.6. The van der Waals surface area contributed by atoms with Gasteiger partial charge in [0, 0.05) is 19.6 Å². The molecular weight excluding hydrogens is 254 g/mol. The van der Waals surface area contributed by atoms with Gasteiger partial charge in [-0.3, -0.25) is 4.79 Å². The molecule has 2 rings (SSSR count). The van der Waals surface area contributed by atoms with Gasteiger partial charge in [0.25, 0.3) is 0 Å². The van der Waals surface area contributed by atoms with Gasteiger partial charge in [-0.2, -0.15) is 0 Å². The van der Waals surface area contributed by atoms with Crippen LogP contribution in [0.1, 0.15) is 39.0 Å². The van der Waals surface area contributed by atoms with Crippen molar-refractivity contribution in [1.29, 1.82) is 0 Å². The highest BCUT2D eigenvalue weighted by Crippen LogP contribution is 2.14. The van der Waals surface area contributed by atoms with Gasteiger partial charge >= 0.3 is 0 Å². The summed E-state index contributed by atoms with van der Waals surface area (Å²) in [5, 5.41) is 6.10. The first kappa shape index (κ1) is 14.8. The number of hydrogen-bond acceptors (Lipinski definition) is 4. The molecule has 5 heteroatoms. The molecule has 1 atom stereocenters. The average molecular weight is 277 g/mol. The molecule has 0 aliphatic carbocycles. The predicted molar refractivity (Wildman–Crippen MR) is 79.9 cm³/mol. The molecule has 20 heavy (non-hydrogen) atoms. The van der Waals surface area contributed by atoms with Gasteiger partial charge in [0.1, 0.15) is 5.82 Å². The van der Waals surface area contributed by atoms with Crippen LogP contribution in [0.5, 0.6) is 0 Å². The Morgan fingerprint density at radius 1 is 1.50 bits per heavy atom. The van der Waals surface area contributed by atoms with Crippen molar-refractivity contribution in [3.8, 4) is 0 Å². The SMILES string of the molecule is CCCCC(=O)Nc1ccc(NCC2CCCO2)nc1. The van der Waals surface area contributed by atoms with Crippen LogP contribution in [-0.4, -0.2) is 30.1 Å². The monoisotopic (exact) mass is 277 g/mol. The van der Waals surface area contributed by atoms with Gasteiger partial charge in [0.05, 0.1) is 18.0 Å². The molecule has 110 valence electrons. The number of nitrogens with zero attached hydrogens (tertiary/aromatic N) is 1. The lowest BCUT2D eigenvalue weighted by molar-refractivity contribution is -0.116. The first-order valence-corrected chi connectivity index (χ1v) is 7.39. The third-order valence-electron chi connectivity index (χ3n) is 3.34. The van der Waals surface area contributed by atoms with Gasteiger partial charge in [-0.05, 0) is 31.4 Å². The first-order valence-electron chi connectivity index (χ1n) is 7.39. The normalized spacial score (nSPS) is 17.9. The second-order valence-corrected chi connectivity index (χ2v) is 5.10. The highest BCUT2D eigenvalue weighted by atomic mass is 16.5. The fourth-order valence-corrected chi connectivity index (χ4v) is 2.16. The zero-order chi connectivity index (χ0) is 14.2. The molecule has 1 fully saturated rings. The number of ether oxygens (including phenoxy) is 1. The lowest BCUT2D eigenvalue weighted by Gasteiger charge is -2.11. The molecule has 1 unspecified atom stereocenters. The van der Waals surface area contributed by atoms with Crippen molar-refractivity contribution >= 4 is 17.4 Å². The molecule has 2 N–H and O–H groups in total. The molecule has 0 saturated carbocycles. The third-order valence-corrected chi connectivity index (χ3v) is 3.34. The number of anilines is 2. The summed E-state index contributed by atoms with van der Waals surface area (Å²) in [5.74, 6) is 0.862. The number of carbonyl (C=O) groups excluding carboxylic acids is 1. The lowest BCUT2D eigenvalue weighted by atomic mass is 10.2. The molecule has 1 aliphatic rings. The molecule has 0 spiro atoms. The zero-order valence-corrected chi connectivity index (χ0v) is 12.0. The van der Waals surface area contributed by atoms with Crippen molar-refractivity contribution < 1.29 is 9.53 Å². The van der Waals surface area contributed by atoms with E-state index in [4.69, 9.17) is 4.74 Å². The molecule has 1 aliphatic heterocycles. The van der Waals surface area contributed by atoms with Crippen LogP contribution < -0.4 is 10.6 Å². The highest BCUT2D eigenvalue weighted by Gasteiger charge is 2.14. The van der Waals surface area contributed by atoms with Gasteiger partial charge in [0.15, 0.2) is 0 Å². The summed E-state index contributed by atoms with van der Waals surface area (Å²) in [6, 6.07) is 3.75. The molecule has 1 amide bonds. The number of amides is 1. The molecular formula is C15H23N3O2. The molecule has 1 aromatic rings. The Balaban J connectivity index is 1.75. The minimum Gasteiger partial charge on any atom is -0.376 e. The summed E-state index contributed by atoms with van der Waals surface area (Å²) in [4.78, 5) is 15.9. The first-order chi connectivity index (χ1) is 9.78. The van der Waals surface area contributed by atoms with E-state index in [-0.39, 0.29) is 5.91 Å². The molecule has 2 heterocycles. The number of pyridine rings is 1. The summed E-state index contributed by atoms with van der Waals surface area (Å²) in [6.07, 6.45) is 6.74. The van der Waals surface area contributed by atoms with Crippen molar-refractivity contribution in [3.05, 3.63) is 18.3 Å². The topological polar surface area (TPSA) is 63.2 Å². The highest BCUT2D eigenvalue weighted by molar-refractivity contribution is 5.90. The number of nitrogens with one attached hydrogen (secondary N) is 2. The minimum atomic E-state index is 0.0497. The Hall–Kier alpha value is -1.62. The van der Waals surface area contributed by atoms with Crippen LogP contribution in [0.3, 0.4) is 0 Å². The van der Waals surface area contributed by atoms with Gasteiger partial charge in [-0.15, -0.1) is 0 Å². The van der Waals surface area contributed by atoms with Crippen LogP contribution in [0.25, 0.3) is 0 Å². The molecule has 0 aromatic carbocycles. The zero-order valence-electron chi connectivity index (χ0n) is 12.0. The van der Waals surface area contributed by atoms with Crippen LogP contribution in [0, 0.1) is 0 Å². The van der Waals surface area contributed by atoms with E-state index in [1.165, 1.54) is 0 Å². The van der Waals surface area contributed by atoms with Crippen LogP contribution in [-0.2, 0) is 9.53 Å². The Morgan fingerprint density at radius 2 is 2.40 bits per heavy atom. The average Bonchev–Trinajstić information content (AvgIpc) is 2.98. The van der Waals surface area contributed by atoms with E-state index in [1.54, 1.807) is 6.20 Å². The number of aromatic nitrogens is 1. The van der Waals surface area contributed by atoms with Crippen molar-refractivity contribution in [2.45, 2.75) is 45.1 Å². The summed E-state index contributed by atoms with van der Waals surface area (Å²) in [6.45, 7) is 3.72. The Morgan fingerprint density at radius 3 is 3.05 bits per heavy atom. The fraction of sp³-hybridized carbons (Fsp3) is 0.600. The quantitative estimate of drug-likeness (QED) is 0.804. The van der Waals surface area contributed by atoms with E-state index < -0.39 is 0 Å². The van der Waals surface area contributed by atoms with Crippen molar-refractivity contribution in [2.24, 2.45) is 0 Å². The van der Waals surface area contributed by atoms with Crippen LogP contribution in [0.15, 0.2) is 18.3 Å². The Bertz CT molecular complexity index is 414. The maximum absolute atomic E-state index is 11.6. The number of unbranched alkanes of at least 4 members (excludes halogenated alkanes) is 1. The largest absolute Gasteiger partial charge is 0.376 e. The van der Waals surface area contributed by atoms with Crippen molar-refractivity contribution in [2.75, 3.05) is 23.8 Å². The molecule has 5 nitrogen and oxygen atoms in total. The lowest BCUT2D eigenvalue weighted by Crippen LogP contribution is -2.19. The molecule has 0 radical (unpaired) electrons. The van der Waals surface area contributed by atoms with E-state index in [1.807, 2.05) is 12.1 Å². The van der Waals surface area contributed by atoms with Gasteiger partial charge < -0.3 is 15.4 Å². The Kier molecular flexibility index (Phi) is 5.80. The summed E-state index contributed by atoms with van der Waals surface area (Å²) in [7, 11) is 0. The Labute approximate surface area is 120 Å². The van der Waals surface area contributed by atoms with E-state index in [9.17, 15) is 4.79 Å². The number of hydrogen-bond donors (Lipinski definition) is 2. The summed E-state index contributed by atoms with van der Waals surface area (Å²) < 4.78 is 5.54. The van der Waals surface area contributed by atoms with Crippen molar-refractivity contribution in [1.82, 2.24) is 4.98 Å². The molecule has 1 saturated heterocycles. The third kappa shape index (κ3) is 4.81. The minimum absolute atomic E-state index is 0.0497. The van der Waals surface area contributed by atoms with Crippen LogP contribution >= 0.6 is 0 Å². The maximum Gasteiger partial charge on any atom is 0.224 e.